The van der Waals surface area contributed by atoms with E-state index >= 15 is 0 Å². The summed E-state index contributed by atoms with van der Waals surface area (Å²) in [6, 6.07) is 10.5. The average molecular weight is 347 g/mol. The maximum Gasteiger partial charge on any atom is 0.341 e. The lowest BCUT2D eigenvalue weighted by atomic mass is 10.2. The van der Waals surface area contributed by atoms with Crippen LogP contribution in [0.3, 0.4) is 0 Å². The van der Waals surface area contributed by atoms with Crippen molar-refractivity contribution in [3.63, 3.8) is 0 Å². The standard InChI is InChI=1S/C17H12ClFN2O3/c1-9(24-17(23)11-7-6-10(18)8-13(11)19)15-20-14-5-3-2-4-12(14)16(22)21-15/h2-9H,1H3,(H,20,21,22)/t9-/m0/s1. The number of carbonyl (C=O) groups excluding carboxylic acids is 1. The van der Waals surface area contributed by atoms with Crippen LogP contribution in [-0.4, -0.2) is 15.9 Å². The van der Waals surface area contributed by atoms with Gasteiger partial charge in [-0.1, -0.05) is 23.7 Å². The van der Waals surface area contributed by atoms with Crippen molar-refractivity contribution in [3.05, 3.63) is 75.0 Å². The zero-order valence-corrected chi connectivity index (χ0v) is 13.3. The first-order valence-corrected chi connectivity index (χ1v) is 7.48. The van der Waals surface area contributed by atoms with E-state index in [-0.39, 0.29) is 22.0 Å². The molecule has 1 aromatic heterocycles. The summed E-state index contributed by atoms with van der Waals surface area (Å²) >= 11 is 5.65. The molecule has 3 aromatic rings. The molecule has 0 spiro atoms. The molecule has 1 atom stereocenters. The quantitative estimate of drug-likeness (QED) is 0.735. The summed E-state index contributed by atoms with van der Waals surface area (Å²) in [5.74, 6) is -1.46. The second-order valence-electron chi connectivity index (χ2n) is 5.14. The van der Waals surface area contributed by atoms with Gasteiger partial charge in [0.15, 0.2) is 11.9 Å². The van der Waals surface area contributed by atoms with Crippen molar-refractivity contribution in [2.75, 3.05) is 0 Å². The third-order valence-corrected chi connectivity index (χ3v) is 3.69. The molecule has 1 N–H and O–H groups in total. The number of benzene rings is 2. The van der Waals surface area contributed by atoms with E-state index in [2.05, 4.69) is 9.97 Å². The van der Waals surface area contributed by atoms with Crippen molar-refractivity contribution in [2.24, 2.45) is 0 Å². The molecule has 2 aromatic carbocycles. The number of H-pyrrole nitrogens is 1. The highest BCUT2D eigenvalue weighted by molar-refractivity contribution is 6.30. The zero-order valence-electron chi connectivity index (χ0n) is 12.5. The predicted octanol–water partition coefficient (Wildman–Crippen LogP) is 3.63. The molecule has 3 rings (SSSR count). The van der Waals surface area contributed by atoms with Gasteiger partial charge in [-0.15, -0.1) is 0 Å². The molecule has 0 amide bonds. The van der Waals surface area contributed by atoms with Crippen LogP contribution in [0.15, 0.2) is 47.3 Å². The number of nitrogens with zero attached hydrogens (tertiary/aromatic N) is 1. The molecule has 0 saturated carbocycles. The van der Waals surface area contributed by atoms with Crippen molar-refractivity contribution in [3.8, 4) is 0 Å². The Morgan fingerprint density at radius 2 is 2.04 bits per heavy atom. The minimum Gasteiger partial charge on any atom is -0.451 e. The number of carbonyl (C=O) groups is 1. The number of para-hydroxylation sites is 1. The Bertz CT molecular complexity index is 987. The predicted molar refractivity (Wildman–Crippen MR) is 87.6 cm³/mol. The van der Waals surface area contributed by atoms with Crippen LogP contribution in [0.4, 0.5) is 4.39 Å². The van der Waals surface area contributed by atoms with Crippen LogP contribution >= 0.6 is 11.6 Å². The number of nitrogens with one attached hydrogen (secondary N) is 1. The molecule has 0 bridgehead atoms. The molecule has 0 aliphatic rings. The molecule has 0 fully saturated rings. The van der Waals surface area contributed by atoms with Gasteiger partial charge < -0.3 is 9.72 Å². The Kier molecular flexibility index (Phi) is 4.31. The molecule has 0 unspecified atom stereocenters. The first-order chi connectivity index (χ1) is 11.5. The van der Waals surface area contributed by atoms with Gasteiger partial charge in [-0.25, -0.2) is 14.2 Å². The van der Waals surface area contributed by atoms with Crippen molar-refractivity contribution >= 4 is 28.5 Å². The Morgan fingerprint density at radius 3 is 2.79 bits per heavy atom. The first-order valence-electron chi connectivity index (χ1n) is 7.10. The molecule has 0 aliphatic heterocycles. The normalized spacial score (nSPS) is 12.1. The Morgan fingerprint density at radius 1 is 1.29 bits per heavy atom. The average Bonchev–Trinajstić information content (AvgIpc) is 2.54. The number of aromatic amines is 1. The van der Waals surface area contributed by atoms with Gasteiger partial charge >= 0.3 is 5.97 Å². The summed E-state index contributed by atoms with van der Waals surface area (Å²) in [6.45, 7) is 1.54. The third-order valence-electron chi connectivity index (χ3n) is 3.45. The van der Waals surface area contributed by atoms with E-state index in [1.54, 1.807) is 31.2 Å². The summed E-state index contributed by atoms with van der Waals surface area (Å²) in [7, 11) is 0. The molecule has 0 saturated heterocycles. The highest BCUT2D eigenvalue weighted by Gasteiger charge is 2.19. The zero-order chi connectivity index (χ0) is 17.3. The maximum absolute atomic E-state index is 13.8. The van der Waals surface area contributed by atoms with Crippen LogP contribution in [-0.2, 0) is 4.74 Å². The van der Waals surface area contributed by atoms with Crippen molar-refractivity contribution in [2.45, 2.75) is 13.0 Å². The number of fused-ring (bicyclic) bond motifs is 1. The Balaban J connectivity index is 1.88. The summed E-state index contributed by atoms with van der Waals surface area (Å²) < 4.78 is 19.0. The van der Waals surface area contributed by atoms with Crippen molar-refractivity contribution < 1.29 is 13.9 Å². The van der Waals surface area contributed by atoms with Crippen LogP contribution in [0.1, 0.15) is 29.2 Å². The molecule has 5 nitrogen and oxygen atoms in total. The minimum atomic E-state index is -0.868. The second-order valence-corrected chi connectivity index (χ2v) is 5.58. The van der Waals surface area contributed by atoms with E-state index in [0.29, 0.717) is 10.9 Å². The Hall–Kier alpha value is -2.73. The van der Waals surface area contributed by atoms with Crippen molar-refractivity contribution in [1.82, 2.24) is 9.97 Å². The smallest absolute Gasteiger partial charge is 0.341 e. The van der Waals surface area contributed by atoms with Gasteiger partial charge in [0.05, 0.1) is 16.5 Å². The number of hydrogen-bond donors (Lipinski definition) is 1. The summed E-state index contributed by atoms with van der Waals surface area (Å²) in [6.07, 6.45) is -0.857. The topological polar surface area (TPSA) is 72.0 Å². The van der Waals surface area contributed by atoms with Gasteiger partial charge in [-0.05, 0) is 37.3 Å². The fourth-order valence-corrected chi connectivity index (χ4v) is 2.39. The second kappa shape index (κ2) is 6.41. The lowest BCUT2D eigenvalue weighted by Gasteiger charge is -2.13. The maximum atomic E-state index is 13.8. The fourth-order valence-electron chi connectivity index (χ4n) is 2.23. The van der Waals surface area contributed by atoms with Gasteiger partial charge in [0.2, 0.25) is 0 Å². The number of aromatic nitrogens is 2. The highest BCUT2D eigenvalue weighted by atomic mass is 35.5. The van der Waals surface area contributed by atoms with E-state index < -0.39 is 17.9 Å². The summed E-state index contributed by atoms with van der Waals surface area (Å²) in [5.41, 5.74) is -0.0950. The lowest BCUT2D eigenvalue weighted by Crippen LogP contribution is -2.18. The number of esters is 1. The minimum absolute atomic E-state index is 0.178. The van der Waals surface area contributed by atoms with E-state index in [1.807, 2.05) is 0 Å². The first kappa shape index (κ1) is 16.1. The van der Waals surface area contributed by atoms with E-state index in [9.17, 15) is 14.0 Å². The monoisotopic (exact) mass is 346 g/mol. The molecular weight excluding hydrogens is 335 g/mol. The lowest BCUT2D eigenvalue weighted by molar-refractivity contribution is 0.0314. The molecule has 7 heteroatoms. The summed E-state index contributed by atoms with van der Waals surface area (Å²) in [5, 5.41) is 0.612. The Labute approximate surface area is 141 Å². The molecular formula is C17H12ClFN2O3. The molecule has 122 valence electrons. The molecule has 24 heavy (non-hydrogen) atoms. The van der Waals surface area contributed by atoms with Gasteiger partial charge in [-0.3, -0.25) is 4.79 Å². The molecule has 0 aliphatic carbocycles. The number of rotatable bonds is 3. The highest BCUT2D eigenvalue weighted by Crippen LogP contribution is 2.20. The summed E-state index contributed by atoms with van der Waals surface area (Å²) in [4.78, 5) is 31.0. The van der Waals surface area contributed by atoms with E-state index in [1.165, 1.54) is 12.1 Å². The largest absolute Gasteiger partial charge is 0.451 e. The SMILES string of the molecule is C[C@H](OC(=O)c1ccc(Cl)cc1F)c1nc2ccccc2c(=O)[nH]1. The number of hydrogen-bond acceptors (Lipinski definition) is 4. The molecule has 0 radical (unpaired) electrons. The number of ether oxygens (including phenoxy) is 1. The van der Waals surface area contributed by atoms with Crippen LogP contribution in [0.5, 0.6) is 0 Å². The van der Waals surface area contributed by atoms with Crippen LogP contribution in [0.25, 0.3) is 10.9 Å². The van der Waals surface area contributed by atoms with Crippen molar-refractivity contribution in [1.29, 1.82) is 0 Å². The van der Waals surface area contributed by atoms with Crippen LogP contribution in [0.2, 0.25) is 5.02 Å². The van der Waals surface area contributed by atoms with Gasteiger partial charge in [0.1, 0.15) is 5.82 Å². The van der Waals surface area contributed by atoms with Gasteiger partial charge in [0.25, 0.3) is 5.56 Å². The van der Waals surface area contributed by atoms with Gasteiger partial charge in [-0.2, -0.15) is 0 Å². The molecule has 1 heterocycles. The van der Waals surface area contributed by atoms with E-state index in [4.69, 9.17) is 16.3 Å². The fraction of sp³-hybridized carbons (Fsp3) is 0.118. The third kappa shape index (κ3) is 3.14. The van der Waals surface area contributed by atoms with Crippen LogP contribution < -0.4 is 5.56 Å². The van der Waals surface area contributed by atoms with E-state index in [0.717, 1.165) is 6.07 Å². The van der Waals surface area contributed by atoms with Gasteiger partial charge in [0, 0.05) is 5.02 Å². The van der Waals surface area contributed by atoms with Crippen LogP contribution in [0, 0.1) is 5.82 Å². The number of halogens is 2.